The van der Waals surface area contributed by atoms with Crippen LogP contribution in [0.5, 0.6) is 0 Å². The number of carbonyl (C=O) groups excluding carboxylic acids is 1. The van der Waals surface area contributed by atoms with E-state index >= 15 is 0 Å². The predicted molar refractivity (Wildman–Crippen MR) is 119 cm³/mol. The predicted octanol–water partition coefficient (Wildman–Crippen LogP) is 2.09. The van der Waals surface area contributed by atoms with Gasteiger partial charge in [0, 0.05) is 38.6 Å². The van der Waals surface area contributed by atoms with Gasteiger partial charge in [-0.2, -0.15) is 36.5 Å². The van der Waals surface area contributed by atoms with E-state index in [2.05, 4.69) is 20.2 Å². The second-order valence-electron chi connectivity index (χ2n) is 8.57. The Hall–Kier alpha value is -3.76. The van der Waals surface area contributed by atoms with Crippen LogP contribution in [0.1, 0.15) is 24.1 Å². The highest BCUT2D eigenvalue weighted by atomic mass is 19.4. The molecule has 0 spiro atoms. The Labute approximate surface area is 210 Å². The zero-order chi connectivity index (χ0) is 27.7. The number of ether oxygens (including phenoxy) is 1. The van der Waals surface area contributed by atoms with Gasteiger partial charge in [0.1, 0.15) is 12.0 Å². The molecule has 1 fully saturated rings. The molecule has 1 amide bonds. The monoisotopic (exact) mass is 548 g/mol. The summed E-state index contributed by atoms with van der Waals surface area (Å²) in [4.78, 5) is 35.2. The van der Waals surface area contributed by atoms with Gasteiger partial charge in [0.05, 0.1) is 30.4 Å². The number of aromatic amines is 1. The Morgan fingerprint density at radius 3 is 2.37 bits per heavy atom. The summed E-state index contributed by atoms with van der Waals surface area (Å²) in [6, 6.07) is -0.154. The van der Waals surface area contributed by atoms with Crippen molar-refractivity contribution in [3.8, 4) is 0 Å². The molecule has 1 saturated heterocycles. The molecule has 0 aromatic carbocycles. The van der Waals surface area contributed by atoms with Crippen molar-refractivity contribution < 1.29 is 35.9 Å². The molecule has 0 radical (unpaired) electrons. The van der Waals surface area contributed by atoms with Crippen LogP contribution in [-0.4, -0.2) is 80.1 Å². The maximum absolute atomic E-state index is 13.3. The molecule has 0 saturated carbocycles. The van der Waals surface area contributed by atoms with Gasteiger partial charge < -0.3 is 14.5 Å². The van der Waals surface area contributed by atoms with Gasteiger partial charge >= 0.3 is 12.4 Å². The lowest BCUT2D eigenvalue weighted by Crippen LogP contribution is -2.47. The van der Waals surface area contributed by atoms with Crippen molar-refractivity contribution in [2.75, 3.05) is 38.3 Å². The highest BCUT2D eigenvalue weighted by Gasteiger charge is 2.38. The highest BCUT2D eigenvalue weighted by Crippen LogP contribution is 2.32. The number of likely N-dealkylation sites (N-methyl/N-ethyl adjacent to an activating group) is 1. The van der Waals surface area contributed by atoms with Crippen molar-refractivity contribution >= 4 is 22.8 Å². The number of amides is 1. The number of halogens is 6. The number of H-pyrrole nitrogens is 1. The zero-order valence-electron chi connectivity index (χ0n) is 19.9. The summed E-state index contributed by atoms with van der Waals surface area (Å²) < 4.78 is 84.2. The highest BCUT2D eigenvalue weighted by molar-refractivity contribution is 5.80. The first-order chi connectivity index (χ1) is 17.9. The fourth-order valence-electron chi connectivity index (χ4n) is 4.11. The van der Waals surface area contributed by atoms with Crippen molar-refractivity contribution in [3.05, 3.63) is 40.2 Å². The Bertz CT molecular complexity index is 1330. The van der Waals surface area contributed by atoms with E-state index in [1.54, 1.807) is 11.9 Å². The number of alkyl halides is 6. The molecule has 3 aromatic rings. The van der Waals surface area contributed by atoms with Crippen LogP contribution in [0, 0.1) is 0 Å². The maximum atomic E-state index is 13.3. The molecule has 3 aromatic heterocycles. The summed E-state index contributed by atoms with van der Waals surface area (Å²) in [5.41, 5.74) is -3.40. The summed E-state index contributed by atoms with van der Waals surface area (Å²) in [7, 11) is 1.59. The zero-order valence-corrected chi connectivity index (χ0v) is 19.9. The molecule has 4 heterocycles. The van der Waals surface area contributed by atoms with Crippen molar-refractivity contribution in [2.45, 2.75) is 37.8 Å². The minimum Gasteiger partial charge on any atom is -0.370 e. The van der Waals surface area contributed by atoms with Crippen LogP contribution in [0.3, 0.4) is 0 Å². The second kappa shape index (κ2) is 10.5. The molecular formula is C21H22F6N8O3. The lowest BCUT2D eigenvalue weighted by atomic mass is 10.0. The van der Waals surface area contributed by atoms with Crippen LogP contribution < -0.4 is 10.5 Å². The van der Waals surface area contributed by atoms with E-state index in [0.717, 1.165) is 23.3 Å². The van der Waals surface area contributed by atoms with Gasteiger partial charge in [-0.15, -0.1) is 0 Å². The third-order valence-corrected chi connectivity index (χ3v) is 6.17. The number of carbonyl (C=O) groups is 1. The lowest BCUT2D eigenvalue weighted by molar-refractivity contribution is -0.140. The van der Waals surface area contributed by atoms with Gasteiger partial charge in [-0.3, -0.25) is 14.3 Å². The third kappa shape index (κ3) is 5.87. The number of fused-ring (bicyclic) bond motifs is 1. The Balaban J connectivity index is 1.26. The SMILES string of the molecule is CN(C(=O)COCCn1nc(C(F)(F)F)c2c(=O)[nH]ncc21)C1CCN(c2ncc(C(F)(F)F)cn2)CC1. The summed E-state index contributed by atoms with van der Waals surface area (Å²) >= 11 is 0. The van der Waals surface area contributed by atoms with Gasteiger partial charge in [0.25, 0.3) is 5.56 Å². The molecule has 1 aliphatic heterocycles. The second-order valence-corrected chi connectivity index (χ2v) is 8.57. The molecule has 38 heavy (non-hydrogen) atoms. The van der Waals surface area contributed by atoms with Gasteiger partial charge in [0.2, 0.25) is 11.9 Å². The molecule has 1 aliphatic rings. The summed E-state index contributed by atoms with van der Waals surface area (Å²) in [5, 5.41) is 8.32. The number of hydrogen-bond acceptors (Lipinski definition) is 8. The van der Waals surface area contributed by atoms with Crippen LogP contribution in [-0.2, 0) is 28.4 Å². The lowest BCUT2D eigenvalue weighted by Gasteiger charge is -2.36. The standard InChI is InChI=1S/C21H22F6N8O3/c1-33(13-2-4-34(5-3-13)19-28-8-12(9-29-19)20(22,23)24)15(36)11-38-7-6-35-14-10-30-31-18(37)16(14)17(32-35)21(25,26)27/h8-10,13H,2-7,11H2,1H3,(H,31,37). The van der Waals surface area contributed by atoms with Gasteiger partial charge in [-0.25, -0.2) is 15.1 Å². The van der Waals surface area contributed by atoms with Crippen LogP contribution in [0.4, 0.5) is 32.3 Å². The minimum absolute atomic E-state index is 0.114. The first kappa shape index (κ1) is 27.3. The number of hydrogen-bond donors (Lipinski definition) is 1. The average molecular weight is 548 g/mol. The van der Waals surface area contributed by atoms with Crippen molar-refractivity contribution in [1.29, 1.82) is 0 Å². The van der Waals surface area contributed by atoms with Gasteiger partial charge in [-0.1, -0.05) is 0 Å². The van der Waals surface area contributed by atoms with Crippen LogP contribution >= 0.6 is 0 Å². The molecule has 0 unspecified atom stereocenters. The summed E-state index contributed by atoms with van der Waals surface area (Å²) in [6.07, 6.45) is -5.81. The van der Waals surface area contributed by atoms with E-state index in [1.165, 1.54) is 4.90 Å². The third-order valence-electron chi connectivity index (χ3n) is 6.17. The summed E-state index contributed by atoms with van der Waals surface area (Å²) in [5.74, 6) is -0.181. The fourth-order valence-corrected chi connectivity index (χ4v) is 4.11. The molecule has 4 rings (SSSR count). The number of aromatic nitrogens is 6. The number of rotatable bonds is 7. The quantitative estimate of drug-likeness (QED) is 0.352. The molecule has 17 heteroatoms. The smallest absolute Gasteiger partial charge is 0.370 e. The van der Waals surface area contributed by atoms with Crippen LogP contribution in [0.25, 0.3) is 10.9 Å². The number of nitrogens with one attached hydrogen (secondary N) is 1. The van der Waals surface area contributed by atoms with E-state index < -0.39 is 34.6 Å². The Morgan fingerprint density at radius 1 is 1.11 bits per heavy atom. The normalized spacial score (nSPS) is 15.3. The van der Waals surface area contributed by atoms with E-state index in [1.807, 2.05) is 5.10 Å². The largest absolute Gasteiger partial charge is 0.435 e. The number of piperidine rings is 1. The molecule has 206 valence electrons. The maximum Gasteiger partial charge on any atom is 0.435 e. The first-order valence-corrected chi connectivity index (χ1v) is 11.3. The van der Waals surface area contributed by atoms with Crippen molar-refractivity contribution in [1.82, 2.24) is 34.8 Å². The Morgan fingerprint density at radius 2 is 1.76 bits per heavy atom. The van der Waals surface area contributed by atoms with Crippen LogP contribution in [0.15, 0.2) is 23.4 Å². The molecule has 0 bridgehead atoms. The van der Waals surface area contributed by atoms with Gasteiger partial charge in [0.15, 0.2) is 5.69 Å². The summed E-state index contributed by atoms with van der Waals surface area (Å²) in [6.45, 7) is 0.221. The molecule has 0 atom stereocenters. The number of nitrogens with zero attached hydrogens (tertiary/aromatic N) is 7. The number of anilines is 1. The first-order valence-electron chi connectivity index (χ1n) is 11.3. The van der Waals surface area contributed by atoms with E-state index in [0.29, 0.717) is 25.9 Å². The van der Waals surface area contributed by atoms with Crippen molar-refractivity contribution in [2.24, 2.45) is 0 Å². The topological polar surface area (TPSA) is 122 Å². The molecule has 1 N–H and O–H groups in total. The average Bonchev–Trinajstić information content (AvgIpc) is 3.26. The molecule has 11 nitrogen and oxygen atoms in total. The van der Waals surface area contributed by atoms with Crippen molar-refractivity contribution in [3.63, 3.8) is 0 Å². The van der Waals surface area contributed by atoms with E-state index in [-0.39, 0.29) is 43.2 Å². The van der Waals surface area contributed by atoms with E-state index in [9.17, 15) is 35.9 Å². The minimum atomic E-state index is -4.84. The fraction of sp³-hybridized carbons (Fsp3) is 0.524. The van der Waals surface area contributed by atoms with Gasteiger partial charge in [-0.05, 0) is 12.8 Å². The van der Waals surface area contributed by atoms with Crippen LogP contribution in [0.2, 0.25) is 0 Å². The molecular weight excluding hydrogens is 526 g/mol. The Kier molecular flexibility index (Phi) is 7.57. The van der Waals surface area contributed by atoms with E-state index in [4.69, 9.17) is 4.74 Å². The molecule has 0 aliphatic carbocycles.